The maximum atomic E-state index is 10.6. The summed E-state index contributed by atoms with van der Waals surface area (Å²) in [7, 11) is 1.74. The van der Waals surface area contributed by atoms with E-state index in [2.05, 4.69) is 4.90 Å². The van der Waals surface area contributed by atoms with E-state index < -0.39 is 0 Å². The first kappa shape index (κ1) is 13.5. The van der Waals surface area contributed by atoms with Gasteiger partial charge in [-0.15, -0.1) is 0 Å². The predicted molar refractivity (Wildman–Crippen MR) is 70.9 cm³/mol. The molecule has 2 heterocycles. The molecule has 1 aromatic heterocycles. The molecule has 0 N–H and O–H groups in total. The van der Waals surface area contributed by atoms with Gasteiger partial charge in [0.15, 0.2) is 0 Å². The van der Waals surface area contributed by atoms with Crippen LogP contribution in [0.15, 0.2) is 11.4 Å². The van der Waals surface area contributed by atoms with Gasteiger partial charge in [0.25, 0.3) is 0 Å². The molecule has 0 radical (unpaired) electrons. The fraction of sp³-hybridized carbons (Fsp3) is 0.667. The molecule has 18 heavy (non-hydrogen) atoms. The van der Waals surface area contributed by atoms with Crippen LogP contribution in [0.5, 0.6) is 0 Å². The summed E-state index contributed by atoms with van der Waals surface area (Å²) >= 11 is 1.21. The lowest BCUT2D eigenvalue weighted by Crippen LogP contribution is -2.36. The molecule has 0 aromatic carbocycles. The number of ether oxygens (including phenoxy) is 1. The van der Waals surface area contributed by atoms with Crippen molar-refractivity contribution in [1.82, 2.24) is 4.90 Å². The smallest absolute Gasteiger partial charge is 0.324 e. The largest absolute Gasteiger partial charge is 0.384 e. The van der Waals surface area contributed by atoms with Gasteiger partial charge in [-0.2, -0.15) is 0 Å². The molecular formula is C12H18N2O3S. The molecular weight excluding hydrogens is 252 g/mol. The number of hydrogen-bond donors (Lipinski definition) is 0. The van der Waals surface area contributed by atoms with Gasteiger partial charge >= 0.3 is 5.00 Å². The normalized spacial score (nSPS) is 21.1. The Bertz CT molecular complexity index is 406. The molecule has 2 rings (SSSR count). The molecule has 0 aliphatic carbocycles. The summed E-state index contributed by atoms with van der Waals surface area (Å²) in [6.07, 6.45) is 2.40. The van der Waals surface area contributed by atoms with E-state index in [-0.39, 0.29) is 9.92 Å². The molecule has 6 heteroatoms. The second-order valence-electron chi connectivity index (χ2n) is 4.75. The summed E-state index contributed by atoms with van der Waals surface area (Å²) in [5.74, 6) is 0.595. The molecule has 1 aliphatic rings. The van der Waals surface area contributed by atoms with Gasteiger partial charge in [-0.1, -0.05) is 11.3 Å². The maximum Gasteiger partial charge on any atom is 0.324 e. The van der Waals surface area contributed by atoms with Crippen LogP contribution in [0.4, 0.5) is 5.00 Å². The minimum absolute atomic E-state index is 0.232. The topological polar surface area (TPSA) is 55.6 Å². The summed E-state index contributed by atoms with van der Waals surface area (Å²) in [6, 6.07) is 1.69. The van der Waals surface area contributed by atoms with Gasteiger partial charge in [-0.3, -0.25) is 15.0 Å². The van der Waals surface area contributed by atoms with Gasteiger partial charge in [0.05, 0.1) is 11.5 Å². The third-order valence-corrected chi connectivity index (χ3v) is 4.16. The quantitative estimate of drug-likeness (QED) is 0.609. The Kier molecular flexibility index (Phi) is 4.68. The fourth-order valence-corrected chi connectivity index (χ4v) is 3.19. The summed E-state index contributed by atoms with van der Waals surface area (Å²) in [5.41, 5.74) is 1.05. The van der Waals surface area contributed by atoms with Gasteiger partial charge in [-0.05, 0) is 30.9 Å². The van der Waals surface area contributed by atoms with Gasteiger partial charge < -0.3 is 4.74 Å². The van der Waals surface area contributed by atoms with Crippen molar-refractivity contribution in [1.29, 1.82) is 0 Å². The van der Waals surface area contributed by atoms with E-state index in [4.69, 9.17) is 4.74 Å². The summed E-state index contributed by atoms with van der Waals surface area (Å²) < 4.78 is 5.20. The van der Waals surface area contributed by atoms with E-state index in [0.717, 1.165) is 31.8 Å². The van der Waals surface area contributed by atoms with Gasteiger partial charge in [0.1, 0.15) is 0 Å². The van der Waals surface area contributed by atoms with E-state index >= 15 is 0 Å². The standard InChI is InChI=1S/C12H18N2O3S/c1-17-8-10-3-2-4-13(6-10)7-11-5-12(14(15)16)18-9-11/h5,9-10H,2-4,6-8H2,1H3/t10-/m0/s1. The highest BCUT2D eigenvalue weighted by Gasteiger charge is 2.20. The van der Waals surface area contributed by atoms with Crippen molar-refractivity contribution in [2.75, 3.05) is 26.8 Å². The molecule has 1 aromatic rings. The van der Waals surface area contributed by atoms with Crippen molar-refractivity contribution in [3.8, 4) is 0 Å². The van der Waals surface area contributed by atoms with Crippen LogP contribution in [-0.2, 0) is 11.3 Å². The van der Waals surface area contributed by atoms with Crippen molar-refractivity contribution in [3.63, 3.8) is 0 Å². The first-order chi connectivity index (χ1) is 8.69. The van der Waals surface area contributed by atoms with E-state index in [1.54, 1.807) is 13.2 Å². The molecule has 1 atom stereocenters. The average molecular weight is 270 g/mol. The Labute approximate surface area is 111 Å². The Balaban J connectivity index is 1.89. The Morgan fingerprint density at radius 2 is 2.50 bits per heavy atom. The van der Waals surface area contributed by atoms with E-state index in [1.807, 2.05) is 5.38 Å². The predicted octanol–water partition coefficient (Wildman–Crippen LogP) is 2.51. The molecule has 0 bridgehead atoms. The zero-order valence-corrected chi connectivity index (χ0v) is 11.3. The van der Waals surface area contributed by atoms with Crippen LogP contribution >= 0.6 is 11.3 Å². The molecule has 1 fully saturated rings. The molecule has 0 saturated carbocycles. The second kappa shape index (κ2) is 6.26. The third-order valence-electron chi connectivity index (χ3n) is 3.23. The number of likely N-dealkylation sites (tertiary alicyclic amines) is 1. The number of nitrogens with zero attached hydrogens (tertiary/aromatic N) is 2. The third kappa shape index (κ3) is 3.51. The number of hydrogen-bond acceptors (Lipinski definition) is 5. The SMILES string of the molecule is COC[C@H]1CCCN(Cc2csc([N+](=O)[O-])c2)C1. The van der Waals surface area contributed by atoms with E-state index in [1.165, 1.54) is 24.2 Å². The van der Waals surface area contributed by atoms with Gasteiger partial charge in [0.2, 0.25) is 0 Å². The highest BCUT2D eigenvalue weighted by Crippen LogP contribution is 2.25. The minimum atomic E-state index is -0.321. The second-order valence-corrected chi connectivity index (χ2v) is 5.64. The molecule has 0 unspecified atom stereocenters. The van der Waals surface area contributed by atoms with Crippen LogP contribution < -0.4 is 0 Å². The maximum absolute atomic E-state index is 10.6. The minimum Gasteiger partial charge on any atom is -0.384 e. The Hall–Kier alpha value is -0.980. The van der Waals surface area contributed by atoms with Crippen molar-refractivity contribution in [2.45, 2.75) is 19.4 Å². The summed E-state index contributed by atoms with van der Waals surface area (Å²) in [5, 5.41) is 12.7. The van der Waals surface area contributed by atoms with Crippen LogP contribution in [0, 0.1) is 16.0 Å². The highest BCUT2D eigenvalue weighted by molar-refractivity contribution is 7.13. The average Bonchev–Trinajstić information content (AvgIpc) is 2.78. The van der Waals surface area contributed by atoms with Crippen molar-refractivity contribution in [2.24, 2.45) is 5.92 Å². The monoisotopic (exact) mass is 270 g/mol. The molecule has 5 nitrogen and oxygen atoms in total. The Morgan fingerprint density at radius 1 is 1.67 bits per heavy atom. The lowest BCUT2D eigenvalue weighted by atomic mass is 9.99. The fourth-order valence-electron chi connectivity index (χ4n) is 2.47. The molecule has 1 aliphatic heterocycles. The van der Waals surface area contributed by atoms with Crippen LogP contribution in [0.1, 0.15) is 18.4 Å². The number of rotatable bonds is 5. The first-order valence-corrected chi connectivity index (χ1v) is 7.00. The number of methoxy groups -OCH3 is 1. The van der Waals surface area contributed by atoms with Crippen molar-refractivity contribution >= 4 is 16.3 Å². The lowest BCUT2D eigenvalue weighted by Gasteiger charge is -2.32. The van der Waals surface area contributed by atoms with Crippen LogP contribution in [0.25, 0.3) is 0 Å². The van der Waals surface area contributed by atoms with E-state index in [0.29, 0.717) is 5.92 Å². The summed E-state index contributed by atoms with van der Waals surface area (Å²) in [6.45, 7) is 3.71. The van der Waals surface area contributed by atoms with Crippen molar-refractivity contribution < 1.29 is 9.66 Å². The number of nitro groups is 1. The van der Waals surface area contributed by atoms with Crippen LogP contribution in [0.2, 0.25) is 0 Å². The molecule has 100 valence electrons. The lowest BCUT2D eigenvalue weighted by molar-refractivity contribution is -0.380. The van der Waals surface area contributed by atoms with Crippen LogP contribution in [-0.4, -0.2) is 36.6 Å². The van der Waals surface area contributed by atoms with Crippen molar-refractivity contribution in [3.05, 3.63) is 27.1 Å². The van der Waals surface area contributed by atoms with Crippen LogP contribution in [0.3, 0.4) is 0 Å². The van der Waals surface area contributed by atoms with E-state index in [9.17, 15) is 10.1 Å². The number of thiophene rings is 1. The first-order valence-electron chi connectivity index (χ1n) is 6.12. The van der Waals surface area contributed by atoms with Gasteiger partial charge in [0, 0.05) is 31.6 Å². The van der Waals surface area contributed by atoms with Gasteiger partial charge in [-0.25, -0.2) is 0 Å². The molecule has 1 saturated heterocycles. The zero-order chi connectivity index (χ0) is 13.0. The Morgan fingerprint density at radius 3 is 3.17 bits per heavy atom. The number of piperidine rings is 1. The molecule has 0 amide bonds. The highest BCUT2D eigenvalue weighted by atomic mass is 32.1. The zero-order valence-electron chi connectivity index (χ0n) is 10.5. The summed E-state index contributed by atoms with van der Waals surface area (Å²) in [4.78, 5) is 12.7. The molecule has 0 spiro atoms.